The minimum absolute atomic E-state index is 0.322. The number of hydrogen-bond donors (Lipinski definition) is 1. The van der Waals surface area contributed by atoms with Gasteiger partial charge in [0.1, 0.15) is 5.01 Å². The second kappa shape index (κ2) is 9.62. The predicted molar refractivity (Wildman–Crippen MR) is 130 cm³/mol. The molecule has 5 rings (SSSR count). The Morgan fingerprint density at radius 1 is 1.06 bits per heavy atom. The zero-order valence-corrected chi connectivity index (χ0v) is 19.7. The van der Waals surface area contributed by atoms with E-state index in [1.165, 1.54) is 43.1 Å². The maximum Gasteiger partial charge on any atom is 0.125 e. The summed E-state index contributed by atoms with van der Waals surface area (Å²) in [6, 6.07) is 6.25. The van der Waals surface area contributed by atoms with Gasteiger partial charge in [0.15, 0.2) is 0 Å². The van der Waals surface area contributed by atoms with Crippen molar-refractivity contribution in [3.05, 3.63) is 40.5 Å². The normalized spacial score (nSPS) is 19.4. The summed E-state index contributed by atoms with van der Waals surface area (Å²) in [6.45, 7) is 4.37. The van der Waals surface area contributed by atoms with Gasteiger partial charge >= 0.3 is 0 Å². The number of aromatic nitrogens is 2. The number of likely N-dealkylation sites (tertiary alicyclic amines) is 1. The SMILES string of the molecule is OCC1CCN(Cc2csc(-c3cn(CC4CCCCC4)c4c(Cl)cccc34)n2)CC1. The molecular weight excluding hydrogens is 426 g/mol. The van der Waals surface area contributed by atoms with Gasteiger partial charge in [-0.25, -0.2) is 4.98 Å². The minimum Gasteiger partial charge on any atom is -0.396 e. The number of halogens is 1. The molecule has 31 heavy (non-hydrogen) atoms. The van der Waals surface area contributed by atoms with Crippen molar-refractivity contribution in [2.24, 2.45) is 11.8 Å². The zero-order valence-electron chi connectivity index (χ0n) is 18.1. The number of para-hydroxylation sites is 1. The standard InChI is InChI=1S/C25H32ClN3OS/c26-23-8-4-7-21-22(15-29(24(21)23)13-18-5-2-1-3-6-18)25-27-20(17-31-25)14-28-11-9-19(16-30)10-12-28/h4,7-8,15,17-19,30H,1-3,5-6,9-14,16H2. The predicted octanol–water partition coefficient (Wildman–Crippen LogP) is 6.20. The lowest BCUT2D eigenvalue weighted by atomic mass is 9.89. The maximum absolute atomic E-state index is 9.37. The summed E-state index contributed by atoms with van der Waals surface area (Å²) in [5.74, 6) is 1.23. The molecule has 1 aliphatic carbocycles. The summed E-state index contributed by atoms with van der Waals surface area (Å²) in [5, 5.41) is 14.7. The Morgan fingerprint density at radius 3 is 2.65 bits per heavy atom. The Kier molecular flexibility index (Phi) is 6.65. The molecule has 0 amide bonds. The number of aliphatic hydroxyl groups excluding tert-OH is 1. The molecule has 6 heteroatoms. The minimum atomic E-state index is 0.322. The van der Waals surface area contributed by atoms with Gasteiger partial charge in [0.25, 0.3) is 0 Å². The fourth-order valence-corrected chi connectivity index (χ4v) is 6.45. The van der Waals surface area contributed by atoms with Crippen molar-refractivity contribution in [2.45, 2.75) is 58.0 Å². The van der Waals surface area contributed by atoms with Crippen LogP contribution in [0.1, 0.15) is 50.6 Å². The summed E-state index contributed by atoms with van der Waals surface area (Å²) < 4.78 is 2.39. The Balaban J connectivity index is 1.38. The molecule has 0 atom stereocenters. The molecule has 1 aliphatic heterocycles. The fourth-order valence-electron chi connectivity index (χ4n) is 5.34. The molecule has 1 saturated heterocycles. The third kappa shape index (κ3) is 4.70. The van der Waals surface area contributed by atoms with E-state index in [0.29, 0.717) is 12.5 Å². The van der Waals surface area contributed by atoms with E-state index in [-0.39, 0.29) is 0 Å². The van der Waals surface area contributed by atoms with Gasteiger partial charge in [0.2, 0.25) is 0 Å². The van der Waals surface area contributed by atoms with Crippen molar-refractivity contribution < 1.29 is 5.11 Å². The first-order valence-electron chi connectivity index (χ1n) is 11.8. The molecule has 0 radical (unpaired) electrons. The average Bonchev–Trinajstić information content (AvgIpc) is 3.40. The highest BCUT2D eigenvalue weighted by atomic mass is 35.5. The summed E-state index contributed by atoms with van der Waals surface area (Å²) in [5.41, 5.74) is 3.52. The molecule has 0 unspecified atom stereocenters. The molecule has 2 aromatic heterocycles. The molecule has 3 aromatic rings. The number of fused-ring (bicyclic) bond motifs is 1. The van der Waals surface area contributed by atoms with Gasteiger partial charge in [-0.05, 0) is 56.7 Å². The third-order valence-corrected chi connectivity index (χ3v) is 8.39. The van der Waals surface area contributed by atoms with Crippen LogP contribution in [0.4, 0.5) is 0 Å². The van der Waals surface area contributed by atoms with Crippen LogP contribution in [0.3, 0.4) is 0 Å². The molecule has 1 aromatic carbocycles. The van der Waals surface area contributed by atoms with Gasteiger partial charge in [0, 0.05) is 42.2 Å². The lowest BCUT2D eigenvalue weighted by molar-refractivity contribution is 0.126. The highest BCUT2D eigenvalue weighted by molar-refractivity contribution is 7.13. The van der Waals surface area contributed by atoms with Gasteiger partial charge in [-0.1, -0.05) is 43.0 Å². The van der Waals surface area contributed by atoms with Crippen molar-refractivity contribution in [2.75, 3.05) is 19.7 Å². The number of rotatable bonds is 6. The van der Waals surface area contributed by atoms with E-state index >= 15 is 0 Å². The van der Waals surface area contributed by atoms with Gasteiger partial charge in [-0.2, -0.15) is 0 Å². The second-order valence-electron chi connectivity index (χ2n) is 9.38. The van der Waals surface area contributed by atoms with Gasteiger partial charge in [-0.3, -0.25) is 4.90 Å². The number of aliphatic hydroxyl groups is 1. The van der Waals surface area contributed by atoms with Gasteiger partial charge < -0.3 is 9.67 Å². The Morgan fingerprint density at radius 2 is 1.87 bits per heavy atom. The molecule has 2 aliphatic rings. The van der Waals surface area contributed by atoms with E-state index in [0.717, 1.165) is 66.2 Å². The number of hydrogen-bond acceptors (Lipinski definition) is 4. The largest absolute Gasteiger partial charge is 0.396 e. The van der Waals surface area contributed by atoms with Crippen LogP contribution in [-0.4, -0.2) is 39.3 Å². The molecule has 1 N–H and O–H groups in total. The van der Waals surface area contributed by atoms with Crippen LogP contribution < -0.4 is 0 Å². The van der Waals surface area contributed by atoms with Crippen molar-refractivity contribution in [1.82, 2.24) is 14.5 Å². The van der Waals surface area contributed by atoms with Crippen LogP contribution in [-0.2, 0) is 13.1 Å². The number of thiazole rings is 1. The molecule has 0 spiro atoms. The second-order valence-corrected chi connectivity index (χ2v) is 10.6. The Bertz CT molecular complexity index is 1020. The topological polar surface area (TPSA) is 41.3 Å². The van der Waals surface area contributed by atoms with Gasteiger partial charge in [0.05, 0.1) is 16.2 Å². The van der Waals surface area contributed by atoms with Crippen molar-refractivity contribution >= 4 is 33.8 Å². The molecular formula is C25H32ClN3OS. The Hall–Kier alpha value is -1.40. The first kappa shape index (κ1) is 21.4. The monoisotopic (exact) mass is 457 g/mol. The first-order chi connectivity index (χ1) is 15.2. The Labute approximate surface area is 193 Å². The van der Waals surface area contributed by atoms with E-state index in [1.54, 1.807) is 11.3 Å². The molecule has 1 saturated carbocycles. The lowest BCUT2D eigenvalue weighted by Crippen LogP contribution is -2.34. The van der Waals surface area contributed by atoms with E-state index in [4.69, 9.17) is 16.6 Å². The van der Waals surface area contributed by atoms with Crippen LogP contribution in [0.2, 0.25) is 5.02 Å². The molecule has 3 heterocycles. The van der Waals surface area contributed by atoms with E-state index in [2.05, 4.69) is 33.2 Å². The van der Waals surface area contributed by atoms with Crippen LogP contribution in [0.15, 0.2) is 29.8 Å². The van der Waals surface area contributed by atoms with Gasteiger partial charge in [-0.15, -0.1) is 11.3 Å². The van der Waals surface area contributed by atoms with E-state index in [9.17, 15) is 5.11 Å². The number of benzene rings is 1. The van der Waals surface area contributed by atoms with E-state index in [1.807, 2.05) is 6.07 Å². The summed E-state index contributed by atoms with van der Waals surface area (Å²) in [4.78, 5) is 7.49. The third-order valence-electron chi connectivity index (χ3n) is 7.16. The molecule has 0 bridgehead atoms. The molecule has 166 valence electrons. The zero-order chi connectivity index (χ0) is 21.2. The smallest absolute Gasteiger partial charge is 0.125 e. The summed E-state index contributed by atoms with van der Waals surface area (Å²) in [7, 11) is 0. The van der Waals surface area contributed by atoms with Crippen LogP contribution >= 0.6 is 22.9 Å². The highest BCUT2D eigenvalue weighted by Crippen LogP contribution is 2.37. The first-order valence-corrected chi connectivity index (χ1v) is 13.0. The molecule has 4 nitrogen and oxygen atoms in total. The number of nitrogens with zero attached hydrogens (tertiary/aromatic N) is 3. The number of piperidine rings is 1. The summed E-state index contributed by atoms with van der Waals surface area (Å²) >= 11 is 8.42. The lowest BCUT2D eigenvalue weighted by Gasteiger charge is -2.30. The summed E-state index contributed by atoms with van der Waals surface area (Å²) in [6.07, 6.45) is 11.2. The van der Waals surface area contributed by atoms with Crippen LogP contribution in [0.25, 0.3) is 21.5 Å². The average molecular weight is 458 g/mol. The van der Waals surface area contributed by atoms with Crippen LogP contribution in [0.5, 0.6) is 0 Å². The van der Waals surface area contributed by atoms with Crippen molar-refractivity contribution in [3.8, 4) is 10.6 Å². The molecule has 2 fully saturated rings. The quantitative estimate of drug-likeness (QED) is 0.478. The van der Waals surface area contributed by atoms with Crippen molar-refractivity contribution in [1.29, 1.82) is 0 Å². The maximum atomic E-state index is 9.37. The van der Waals surface area contributed by atoms with Crippen LogP contribution in [0, 0.1) is 11.8 Å². The highest BCUT2D eigenvalue weighted by Gasteiger charge is 2.21. The van der Waals surface area contributed by atoms with E-state index < -0.39 is 0 Å². The fraction of sp³-hybridized carbons (Fsp3) is 0.560. The van der Waals surface area contributed by atoms with Crippen molar-refractivity contribution in [3.63, 3.8) is 0 Å².